The van der Waals surface area contributed by atoms with Crippen molar-refractivity contribution in [1.29, 1.82) is 0 Å². The number of hydrogen-bond acceptors (Lipinski definition) is 10. The first kappa shape index (κ1) is 27.8. The van der Waals surface area contributed by atoms with Gasteiger partial charge in [0.15, 0.2) is 24.6 Å². The summed E-state index contributed by atoms with van der Waals surface area (Å²) in [4.78, 5) is 48.5. The predicted molar refractivity (Wildman–Crippen MR) is 111 cm³/mol. The van der Waals surface area contributed by atoms with Gasteiger partial charge < -0.3 is 28.8 Å². The van der Waals surface area contributed by atoms with Crippen molar-refractivity contribution in [3.05, 3.63) is 0 Å². The van der Waals surface area contributed by atoms with Gasteiger partial charge in [0.25, 0.3) is 0 Å². The van der Waals surface area contributed by atoms with Gasteiger partial charge in [0.05, 0.1) is 0 Å². The number of aliphatic hydroxyl groups excluding tert-OH is 1. The molecule has 0 aromatic rings. The largest absolute Gasteiger partial charge is 0.463 e. The number of esters is 4. The fourth-order valence-corrected chi connectivity index (χ4v) is 3.13. The molecular weight excluding hydrogens is 424 g/mol. The summed E-state index contributed by atoms with van der Waals surface area (Å²) in [5.41, 5.74) is 0. The third-order valence-electron chi connectivity index (χ3n) is 4.64. The highest BCUT2D eigenvalue weighted by molar-refractivity contribution is 5.72. The topological polar surface area (TPSA) is 135 Å². The molecule has 0 aliphatic carbocycles. The maximum absolute atomic E-state index is 12.3. The average molecular weight is 461 g/mol. The molecule has 0 saturated carbocycles. The van der Waals surface area contributed by atoms with Crippen LogP contribution >= 0.6 is 0 Å². The van der Waals surface area contributed by atoms with E-state index in [-0.39, 0.29) is 32.3 Å². The fourth-order valence-electron chi connectivity index (χ4n) is 3.13. The van der Waals surface area contributed by atoms with E-state index in [0.717, 1.165) is 0 Å². The molecule has 1 saturated heterocycles. The van der Waals surface area contributed by atoms with Gasteiger partial charge in [-0.05, 0) is 25.7 Å². The summed E-state index contributed by atoms with van der Waals surface area (Å²) < 4.78 is 27.0. The molecule has 0 radical (unpaired) electrons. The van der Waals surface area contributed by atoms with Crippen LogP contribution in [0, 0.1) is 0 Å². The van der Waals surface area contributed by atoms with Crippen LogP contribution in [0.2, 0.25) is 0 Å². The van der Waals surface area contributed by atoms with Crippen molar-refractivity contribution in [1.82, 2.24) is 0 Å². The van der Waals surface area contributed by atoms with E-state index in [0.29, 0.717) is 25.7 Å². The van der Waals surface area contributed by atoms with Crippen molar-refractivity contribution < 1.29 is 48.0 Å². The molecule has 1 N–H and O–H groups in total. The zero-order chi connectivity index (χ0) is 24.1. The van der Waals surface area contributed by atoms with Gasteiger partial charge in [-0.3, -0.25) is 19.2 Å². The Kier molecular flexibility index (Phi) is 12.9. The molecule has 184 valence electrons. The molecule has 0 unspecified atom stereocenters. The average Bonchev–Trinajstić information content (AvgIpc) is 2.72. The number of carbonyl (C=O) groups is 4. The molecule has 0 aromatic heterocycles. The summed E-state index contributed by atoms with van der Waals surface area (Å²) in [5, 5.41) is 10.5. The van der Waals surface area contributed by atoms with E-state index in [2.05, 4.69) is 0 Å². The molecule has 0 bridgehead atoms. The molecule has 0 amide bonds. The quantitative estimate of drug-likeness (QED) is 0.322. The lowest BCUT2D eigenvalue weighted by molar-refractivity contribution is -0.297. The van der Waals surface area contributed by atoms with Crippen LogP contribution in [0.15, 0.2) is 0 Å². The van der Waals surface area contributed by atoms with E-state index in [4.69, 9.17) is 23.7 Å². The minimum absolute atomic E-state index is 0.0782. The summed E-state index contributed by atoms with van der Waals surface area (Å²) in [5.74, 6) is -2.30. The van der Waals surface area contributed by atoms with Crippen molar-refractivity contribution in [2.24, 2.45) is 0 Å². The monoisotopic (exact) mass is 460 g/mol. The van der Waals surface area contributed by atoms with Crippen LogP contribution in [0.1, 0.15) is 79.1 Å². The highest BCUT2D eigenvalue weighted by Crippen LogP contribution is 2.29. The van der Waals surface area contributed by atoms with Crippen molar-refractivity contribution in [3.8, 4) is 0 Å². The van der Waals surface area contributed by atoms with Gasteiger partial charge >= 0.3 is 23.9 Å². The fraction of sp³-hybridized carbons (Fsp3) is 0.818. The Morgan fingerprint density at radius 1 is 0.656 bits per heavy atom. The Labute approximate surface area is 188 Å². The lowest BCUT2D eigenvalue weighted by Gasteiger charge is -2.42. The lowest BCUT2D eigenvalue weighted by Crippen LogP contribution is -2.62. The second-order valence-electron chi connectivity index (χ2n) is 7.61. The summed E-state index contributed by atoms with van der Waals surface area (Å²) in [6.45, 7) is 6.84. The standard InChI is InChI=1S/C22H36O10/c1-5-9-15(23)28-13-14-19(30-16(24)10-6-2)20(31-17(25)11-7-3)21(22(27)29-14)32-18(26)12-8-4/h14,19-22,27H,5-13H2,1-4H3/t14-,19+,20+,21-,22+/m1/s1. The second-order valence-corrected chi connectivity index (χ2v) is 7.61. The van der Waals surface area contributed by atoms with Crippen molar-refractivity contribution in [2.45, 2.75) is 110 Å². The molecule has 1 aliphatic rings. The van der Waals surface area contributed by atoms with Crippen LogP contribution in [0.3, 0.4) is 0 Å². The highest BCUT2D eigenvalue weighted by atomic mass is 16.7. The van der Waals surface area contributed by atoms with Gasteiger partial charge in [0.2, 0.25) is 0 Å². The predicted octanol–water partition coefficient (Wildman–Crippen LogP) is 2.18. The first-order chi connectivity index (χ1) is 15.3. The van der Waals surface area contributed by atoms with Gasteiger partial charge in [0.1, 0.15) is 12.7 Å². The van der Waals surface area contributed by atoms with E-state index < -0.39 is 54.6 Å². The van der Waals surface area contributed by atoms with E-state index in [1.54, 1.807) is 20.8 Å². The van der Waals surface area contributed by atoms with Gasteiger partial charge in [-0.25, -0.2) is 0 Å². The van der Waals surface area contributed by atoms with Gasteiger partial charge in [-0.2, -0.15) is 0 Å². The van der Waals surface area contributed by atoms with Crippen molar-refractivity contribution in [2.75, 3.05) is 6.61 Å². The summed E-state index contributed by atoms with van der Waals surface area (Å²) in [7, 11) is 0. The van der Waals surface area contributed by atoms with Crippen LogP contribution in [-0.4, -0.2) is 66.3 Å². The zero-order valence-corrected chi connectivity index (χ0v) is 19.4. The summed E-state index contributed by atoms with van der Waals surface area (Å²) >= 11 is 0. The number of ether oxygens (including phenoxy) is 5. The Bertz CT molecular complexity index is 620. The second kappa shape index (κ2) is 14.8. The van der Waals surface area contributed by atoms with Gasteiger partial charge in [0, 0.05) is 25.7 Å². The van der Waals surface area contributed by atoms with E-state index in [1.165, 1.54) is 0 Å². The third-order valence-corrected chi connectivity index (χ3v) is 4.64. The third kappa shape index (κ3) is 9.12. The van der Waals surface area contributed by atoms with E-state index >= 15 is 0 Å². The molecule has 1 aliphatic heterocycles. The molecule has 1 fully saturated rings. The smallest absolute Gasteiger partial charge is 0.306 e. The molecule has 0 aromatic carbocycles. The van der Waals surface area contributed by atoms with Gasteiger partial charge in [-0.15, -0.1) is 0 Å². The van der Waals surface area contributed by atoms with Crippen molar-refractivity contribution >= 4 is 23.9 Å². The first-order valence-electron chi connectivity index (χ1n) is 11.3. The van der Waals surface area contributed by atoms with Crippen molar-refractivity contribution in [3.63, 3.8) is 0 Å². The maximum atomic E-state index is 12.3. The number of rotatable bonds is 13. The van der Waals surface area contributed by atoms with Crippen LogP contribution in [0.5, 0.6) is 0 Å². The normalized spacial score (nSPS) is 25.0. The first-order valence-corrected chi connectivity index (χ1v) is 11.3. The Morgan fingerprint density at radius 3 is 1.53 bits per heavy atom. The lowest BCUT2D eigenvalue weighted by atomic mass is 9.98. The molecule has 1 heterocycles. The maximum Gasteiger partial charge on any atom is 0.306 e. The Hall–Kier alpha value is -2.20. The minimum atomic E-state index is -1.67. The summed E-state index contributed by atoms with van der Waals surface area (Å²) in [6.07, 6.45) is -4.23. The van der Waals surface area contributed by atoms with Crippen LogP contribution in [0.4, 0.5) is 0 Å². The molecule has 1 rings (SSSR count). The molecule has 32 heavy (non-hydrogen) atoms. The van der Waals surface area contributed by atoms with Crippen LogP contribution < -0.4 is 0 Å². The molecule has 5 atom stereocenters. The zero-order valence-electron chi connectivity index (χ0n) is 19.4. The van der Waals surface area contributed by atoms with Crippen LogP contribution in [-0.2, 0) is 42.9 Å². The Balaban J connectivity index is 3.19. The molecule has 10 heteroatoms. The SMILES string of the molecule is CCCC(=O)OC[C@H]1O[C@H](O)[C@H](OC(=O)CCC)[C@@H](OC(=O)CCC)[C@H]1OC(=O)CCC. The number of aliphatic hydroxyl groups is 1. The van der Waals surface area contributed by atoms with Gasteiger partial charge in [-0.1, -0.05) is 27.7 Å². The minimum Gasteiger partial charge on any atom is -0.463 e. The number of hydrogen-bond donors (Lipinski definition) is 1. The number of carbonyl (C=O) groups excluding carboxylic acids is 4. The molecular formula is C22H36O10. The molecule has 10 nitrogen and oxygen atoms in total. The van der Waals surface area contributed by atoms with E-state index in [9.17, 15) is 24.3 Å². The molecule has 0 spiro atoms. The highest BCUT2D eigenvalue weighted by Gasteiger charge is 2.52. The van der Waals surface area contributed by atoms with Crippen LogP contribution in [0.25, 0.3) is 0 Å². The van der Waals surface area contributed by atoms with E-state index in [1.807, 2.05) is 6.92 Å². The summed E-state index contributed by atoms with van der Waals surface area (Å²) in [6, 6.07) is 0. The Morgan fingerprint density at radius 2 is 1.06 bits per heavy atom.